The van der Waals surface area contributed by atoms with Crippen LogP contribution in [0.25, 0.3) is 28.1 Å². The number of rotatable bonds is 5. The van der Waals surface area contributed by atoms with Crippen LogP contribution in [0.2, 0.25) is 0 Å². The fraction of sp³-hybridized carbons (Fsp3) is 0.0833. The van der Waals surface area contributed by atoms with Crippen LogP contribution < -0.4 is 0 Å². The molecule has 4 aromatic rings. The summed E-state index contributed by atoms with van der Waals surface area (Å²) in [7, 11) is 0. The van der Waals surface area contributed by atoms with Crippen LogP contribution in [0.1, 0.15) is 17.4 Å². The molecule has 1 heterocycles. The zero-order valence-electron chi connectivity index (χ0n) is 15.9. The zero-order chi connectivity index (χ0) is 20.2. The fourth-order valence-corrected chi connectivity index (χ4v) is 3.17. The monoisotopic (exact) mass is 386 g/mol. The van der Waals surface area contributed by atoms with Crippen LogP contribution in [0.4, 0.5) is 4.39 Å². The third-order valence-electron chi connectivity index (χ3n) is 4.56. The molecule has 0 N–H and O–H groups in total. The van der Waals surface area contributed by atoms with E-state index in [4.69, 9.17) is 4.74 Å². The first kappa shape index (κ1) is 18.6. The number of hydrogen-bond donors (Lipinski definition) is 0. The molecule has 4 nitrogen and oxygen atoms in total. The summed E-state index contributed by atoms with van der Waals surface area (Å²) < 4.78 is 21.1. The molecule has 0 saturated heterocycles. The van der Waals surface area contributed by atoms with E-state index in [1.54, 1.807) is 35.9 Å². The molecule has 0 atom stereocenters. The normalized spacial score (nSPS) is 10.7. The van der Waals surface area contributed by atoms with Gasteiger partial charge >= 0.3 is 5.97 Å². The topological polar surface area (TPSA) is 44.1 Å². The molecule has 0 amide bonds. The number of ether oxygens (including phenoxy) is 1. The first-order valence-corrected chi connectivity index (χ1v) is 9.35. The number of carbonyl (C=O) groups is 1. The molecule has 0 spiro atoms. The van der Waals surface area contributed by atoms with E-state index in [-0.39, 0.29) is 18.1 Å². The number of nitrogens with zero attached hydrogens (tertiary/aromatic N) is 2. The molecule has 29 heavy (non-hydrogen) atoms. The number of esters is 1. The van der Waals surface area contributed by atoms with E-state index >= 15 is 0 Å². The third kappa shape index (κ3) is 3.80. The zero-order valence-corrected chi connectivity index (χ0v) is 15.9. The molecule has 0 aliphatic rings. The van der Waals surface area contributed by atoms with Crippen molar-refractivity contribution in [3.8, 4) is 28.1 Å². The van der Waals surface area contributed by atoms with Crippen LogP contribution in [-0.4, -0.2) is 22.4 Å². The molecule has 0 radical (unpaired) electrons. The Labute approximate surface area is 168 Å². The molecule has 4 rings (SSSR count). The van der Waals surface area contributed by atoms with Gasteiger partial charge in [0.05, 0.1) is 18.0 Å². The largest absolute Gasteiger partial charge is 0.461 e. The van der Waals surface area contributed by atoms with Crippen LogP contribution in [0.3, 0.4) is 0 Å². The molecule has 3 aromatic carbocycles. The average molecular weight is 386 g/mol. The number of halogens is 1. The summed E-state index contributed by atoms with van der Waals surface area (Å²) in [5.74, 6) is -0.922. The van der Waals surface area contributed by atoms with Crippen molar-refractivity contribution < 1.29 is 13.9 Å². The van der Waals surface area contributed by atoms with Gasteiger partial charge in [-0.05, 0) is 48.4 Å². The molecule has 0 aliphatic heterocycles. The molecule has 5 heteroatoms. The summed E-state index contributed by atoms with van der Waals surface area (Å²) in [6.45, 7) is 1.97. The summed E-state index contributed by atoms with van der Waals surface area (Å²) in [4.78, 5) is 12.2. The fourth-order valence-electron chi connectivity index (χ4n) is 3.17. The van der Waals surface area contributed by atoms with Crippen LogP contribution in [0, 0.1) is 5.82 Å². The van der Waals surface area contributed by atoms with Gasteiger partial charge in [0, 0.05) is 5.56 Å². The van der Waals surface area contributed by atoms with Crippen LogP contribution >= 0.6 is 0 Å². The van der Waals surface area contributed by atoms with Crippen molar-refractivity contribution in [2.75, 3.05) is 6.61 Å². The van der Waals surface area contributed by atoms with Crippen molar-refractivity contribution in [2.45, 2.75) is 6.92 Å². The maximum atomic E-state index is 14.5. The second-order valence-electron chi connectivity index (χ2n) is 6.44. The minimum absolute atomic E-state index is 0.136. The standard InChI is InChI=1S/C24H19FN2O2/c1-2-29-24(28)22-16-23(20-10-6-7-11-21(20)25)27(26-22)19-14-12-18(13-15-19)17-8-4-3-5-9-17/h3-16H,2H2,1H3. The Morgan fingerprint density at radius 2 is 1.59 bits per heavy atom. The van der Waals surface area contributed by atoms with Gasteiger partial charge in [-0.15, -0.1) is 0 Å². The maximum Gasteiger partial charge on any atom is 0.358 e. The van der Waals surface area contributed by atoms with Gasteiger partial charge in [-0.3, -0.25) is 0 Å². The lowest BCUT2D eigenvalue weighted by Gasteiger charge is -2.09. The second kappa shape index (κ2) is 8.10. The Balaban J connectivity index is 1.80. The number of aromatic nitrogens is 2. The predicted octanol–water partition coefficient (Wildman–Crippen LogP) is 5.52. The molecule has 0 aliphatic carbocycles. The van der Waals surface area contributed by atoms with E-state index < -0.39 is 5.97 Å². The molecule has 0 unspecified atom stereocenters. The summed E-state index contributed by atoms with van der Waals surface area (Å²) >= 11 is 0. The molecule has 1 aromatic heterocycles. The molecule has 0 saturated carbocycles. The van der Waals surface area contributed by atoms with Gasteiger partial charge in [-0.1, -0.05) is 54.6 Å². The first-order chi connectivity index (χ1) is 14.2. The Kier molecular flexibility index (Phi) is 5.20. The summed E-state index contributed by atoms with van der Waals surface area (Å²) in [5, 5.41) is 4.39. The van der Waals surface area contributed by atoms with Gasteiger partial charge in [-0.2, -0.15) is 5.10 Å². The van der Waals surface area contributed by atoms with Gasteiger partial charge in [0.2, 0.25) is 0 Å². The highest BCUT2D eigenvalue weighted by atomic mass is 19.1. The van der Waals surface area contributed by atoms with Crippen LogP contribution in [-0.2, 0) is 4.74 Å². The lowest BCUT2D eigenvalue weighted by atomic mass is 10.1. The average Bonchev–Trinajstić information content (AvgIpc) is 3.20. The van der Waals surface area contributed by atoms with Gasteiger partial charge < -0.3 is 4.74 Å². The molecule has 0 fully saturated rings. The number of benzene rings is 3. The molecule has 144 valence electrons. The quantitative estimate of drug-likeness (QED) is 0.424. The van der Waals surface area contributed by atoms with Gasteiger partial charge in [0.15, 0.2) is 5.69 Å². The highest BCUT2D eigenvalue weighted by Gasteiger charge is 2.19. The van der Waals surface area contributed by atoms with Crippen molar-refractivity contribution in [3.63, 3.8) is 0 Å². The predicted molar refractivity (Wildman–Crippen MR) is 110 cm³/mol. The minimum Gasteiger partial charge on any atom is -0.461 e. The van der Waals surface area contributed by atoms with Crippen LogP contribution in [0.15, 0.2) is 84.9 Å². The van der Waals surface area contributed by atoms with E-state index in [0.717, 1.165) is 16.8 Å². The smallest absolute Gasteiger partial charge is 0.358 e. The molecular weight excluding hydrogens is 367 g/mol. The summed E-state index contributed by atoms with van der Waals surface area (Å²) in [6, 6.07) is 25.7. The van der Waals surface area contributed by atoms with E-state index in [0.29, 0.717) is 11.3 Å². The van der Waals surface area contributed by atoms with E-state index in [9.17, 15) is 9.18 Å². The van der Waals surface area contributed by atoms with Crippen LogP contribution in [0.5, 0.6) is 0 Å². The lowest BCUT2D eigenvalue weighted by molar-refractivity contribution is 0.0519. The first-order valence-electron chi connectivity index (χ1n) is 9.35. The van der Waals surface area contributed by atoms with E-state index in [1.165, 1.54) is 6.07 Å². The highest BCUT2D eigenvalue weighted by molar-refractivity contribution is 5.89. The Bertz CT molecular complexity index is 1140. The number of carbonyl (C=O) groups excluding carboxylic acids is 1. The van der Waals surface area contributed by atoms with Gasteiger partial charge in [0.1, 0.15) is 5.82 Å². The second-order valence-corrected chi connectivity index (χ2v) is 6.44. The lowest BCUT2D eigenvalue weighted by Crippen LogP contribution is -2.06. The van der Waals surface area contributed by atoms with Crippen molar-refractivity contribution in [1.82, 2.24) is 9.78 Å². The summed E-state index contributed by atoms with van der Waals surface area (Å²) in [6.07, 6.45) is 0. The van der Waals surface area contributed by atoms with Gasteiger partial charge in [0.25, 0.3) is 0 Å². The minimum atomic E-state index is -0.537. The Morgan fingerprint density at radius 3 is 2.28 bits per heavy atom. The third-order valence-corrected chi connectivity index (χ3v) is 4.56. The molecule has 0 bridgehead atoms. The van der Waals surface area contributed by atoms with E-state index in [1.807, 2.05) is 54.6 Å². The molecular formula is C24H19FN2O2. The van der Waals surface area contributed by atoms with Crippen molar-refractivity contribution in [1.29, 1.82) is 0 Å². The van der Waals surface area contributed by atoms with Gasteiger partial charge in [-0.25, -0.2) is 13.9 Å². The van der Waals surface area contributed by atoms with Crippen molar-refractivity contribution in [2.24, 2.45) is 0 Å². The SMILES string of the molecule is CCOC(=O)c1cc(-c2ccccc2F)n(-c2ccc(-c3ccccc3)cc2)n1. The summed E-state index contributed by atoms with van der Waals surface area (Å²) in [5.41, 5.74) is 3.86. The number of hydrogen-bond acceptors (Lipinski definition) is 3. The van der Waals surface area contributed by atoms with E-state index in [2.05, 4.69) is 5.10 Å². The van der Waals surface area contributed by atoms with Crippen molar-refractivity contribution >= 4 is 5.97 Å². The maximum absolute atomic E-state index is 14.5. The Hall–Kier alpha value is -3.73. The Morgan fingerprint density at radius 1 is 0.931 bits per heavy atom. The van der Waals surface area contributed by atoms with Crippen molar-refractivity contribution in [3.05, 3.63) is 96.4 Å². The highest BCUT2D eigenvalue weighted by Crippen LogP contribution is 2.28.